The standard InChI is InChI=1S/C14H13N3S/c15-17-14(13-8-18-9-16-13)12-6-5-10-3-1-2-4-11(10)7-12/h1-9,14,17H,15H2. The van der Waals surface area contributed by atoms with Gasteiger partial charge in [-0.3, -0.25) is 5.84 Å². The quantitative estimate of drug-likeness (QED) is 0.559. The highest BCUT2D eigenvalue weighted by Crippen LogP contribution is 2.24. The molecule has 4 heteroatoms. The Morgan fingerprint density at radius 3 is 2.67 bits per heavy atom. The molecule has 3 aromatic rings. The van der Waals surface area contributed by atoms with Crippen LogP contribution >= 0.6 is 11.3 Å². The van der Waals surface area contributed by atoms with Gasteiger partial charge in [0, 0.05) is 5.38 Å². The lowest BCUT2D eigenvalue weighted by Crippen LogP contribution is -2.29. The van der Waals surface area contributed by atoms with E-state index in [4.69, 9.17) is 5.84 Å². The maximum absolute atomic E-state index is 5.65. The summed E-state index contributed by atoms with van der Waals surface area (Å²) in [7, 11) is 0. The Morgan fingerprint density at radius 2 is 1.94 bits per heavy atom. The van der Waals surface area contributed by atoms with Crippen molar-refractivity contribution in [2.45, 2.75) is 6.04 Å². The first-order valence-corrected chi connectivity index (χ1v) is 6.65. The molecule has 0 bridgehead atoms. The van der Waals surface area contributed by atoms with Crippen LogP contribution in [0.1, 0.15) is 17.3 Å². The monoisotopic (exact) mass is 255 g/mol. The maximum atomic E-state index is 5.65. The van der Waals surface area contributed by atoms with E-state index in [9.17, 15) is 0 Å². The Hall–Kier alpha value is -1.75. The van der Waals surface area contributed by atoms with E-state index < -0.39 is 0 Å². The van der Waals surface area contributed by atoms with Gasteiger partial charge in [-0.25, -0.2) is 10.4 Å². The number of hydrazine groups is 1. The fourth-order valence-corrected chi connectivity index (χ4v) is 2.68. The molecule has 0 spiro atoms. The molecule has 1 unspecified atom stereocenters. The number of benzene rings is 2. The summed E-state index contributed by atoms with van der Waals surface area (Å²) >= 11 is 1.57. The highest BCUT2D eigenvalue weighted by molar-refractivity contribution is 7.07. The first kappa shape index (κ1) is 11.3. The van der Waals surface area contributed by atoms with Crippen LogP contribution in [-0.4, -0.2) is 4.98 Å². The molecule has 90 valence electrons. The average Bonchev–Trinajstić information content (AvgIpc) is 2.93. The Labute approximate surface area is 109 Å². The molecule has 0 saturated heterocycles. The van der Waals surface area contributed by atoms with E-state index >= 15 is 0 Å². The zero-order valence-corrected chi connectivity index (χ0v) is 10.5. The van der Waals surface area contributed by atoms with Crippen molar-refractivity contribution in [3.63, 3.8) is 0 Å². The molecule has 1 aromatic heterocycles. The molecule has 3 N–H and O–H groups in total. The Kier molecular flexibility index (Phi) is 3.06. The highest BCUT2D eigenvalue weighted by atomic mass is 32.1. The predicted octanol–water partition coefficient (Wildman–Crippen LogP) is 2.85. The largest absolute Gasteiger partial charge is 0.271 e. The first-order valence-electron chi connectivity index (χ1n) is 5.71. The van der Waals surface area contributed by atoms with Crippen LogP contribution in [0.2, 0.25) is 0 Å². The lowest BCUT2D eigenvalue weighted by atomic mass is 10.0. The third kappa shape index (κ3) is 2.01. The number of nitrogens with zero attached hydrogens (tertiary/aromatic N) is 1. The minimum absolute atomic E-state index is 0.0548. The van der Waals surface area contributed by atoms with Gasteiger partial charge < -0.3 is 0 Å². The molecule has 0 aliphatic heterocycles. The number of hydrogen-bond acceptors (Lipinski definition) is 4. The molecule has 0 saturated carbocycles. The van der Waals surface area contributed by atoms with Crippen molar-refractivity contribution in [1.29, 1.82) is 0 Å². The van der Waals surface area contributed by atoms with Crippen molar-refractivity contribution < 1.29 is 0 Å². The van der Waals surface area contributed by atoms with Crippen LogP contribution in [0.5, 0.6) is 0 Å². The highest BCUT2D eigenvalue weighted by Gasteiger charge is 2.14. The maximum Gasteiger partial charge on any atom is 0.0890 e. The van der Waals surface area contributed by atoms with Crippen LogP contribution in [0.4, 0.5) is 0 Å². The van der Waals surface area contributed by atoms with E-state index in [1.54, 1.807) is 11.3 Å². The molecule has 1 atom stereocenters. The van der Waals surface area contributed by atoms with Crippen LogP contribution in [0.3, 0.4) is 0 Å². The molecule has 0 amide bonds. The van der Waals surface area contributed by atoms with Crippen LogP contribution in [-0.2, 0) is 0 Å². The number of rotatable bonds is 3. The zero-order valence-electron chi connectivity index (χ0n) is 9.71. The first-order chi connectivity index (χ1) is 8.88. The number of thiazole rings is 1. The van der Waals surface area contributed by atoms with Crippen molar-refractivity contribution in [1.82, 2.24) is 10.4 Å². The van der Waals surface area contributed by atoms with Crippen molar-refractivity contribution in [2.24, 2.45) is 5.84 Å². The minimum Gasteiger partial charge on any atom is -0.271 e. The summed E-state index contributed by atoms with van der Waals surface area (Å²) < 4.78 is 0. The summed E-state index contributed by atoms with van der Waals surface area (Å²) in [6, 6.07) is 14.6. The lowest BCUT2D eigenvalue weighted by Gasteiger charge is -2.14. The molecule has 0 fully saturated rings. The van der Waals surface area contributed by atoms with Gasteiger partial charge in [0.25, 0.3) is 0 Å². The van der Waals surface area contributed by atoms with Gasteiger partial charge in [0.15, 0.2) is 0 Å². The second-order valence-corrected chi connectivity index (χ2v) is 4.84. The van der Waals surface area contributed by atoms with E-state index in [0.29, 0.717) is 0 Å². The lowest BCUT2D eigenvalue weighted by molar-refractivity contribution is 0.625. The van der Waals surface area contributed by atoms with Crippen molar-refractivity contribution in [3.05, 3.63) is 64.6 Å². The van der Waals surface area contributed by atoms with Crippen LogP contribution < -0.4 is 11.3 Å². The van der Waals surface area contributed by atoms with E-state index in [0.717, 1.165) is 11.3 Å². The average molecular weight is 255 g/mol. The van der Waals surface area contributed by atoms with Crippen molar-refractivity contribution >= 4 is 22.1 Å². The normalized spacial score (nSPS) is 12.7. The Morgan fingerprint density at radius 1 is 1.11 bits per heavy atom. The second-order valence-electron chi connectivity index (χ2n) is 4.12. The minimum atomic E-state index is -0.0548. The molecular formula is C14H13N3S. The van der Waals surface area contributed by atoms with Gasteiger partial charge in [-0.2, -0.15) is 0 Å². The summed E-state index contributed by atoms with van der Waals surface area (Å²) in [5.74, 6) is 5.65. The Balaban J connectivity index is 2.07. The van der Waals surface area contributed by atoms with E-state index in [1.165, 1.54) is 10.8 Å². The van der Waals surface area contributed by atoms with Gasteiger partial charge in [-0.1, -0.05) is 36.4 Å². The number of aromatic nitrogens is 1. The molecule has 0 aliphatic carbocycles. The molecule has 18 heavy (non-hydrogen) atoms. The van der Waals surface area contributed by atoms with Crippen LogP contribution in [0.15, 0.2) is 53.4 Å². The predicted molar refractivity (Wildman–Crippen MR) is 75.2 cm³/mol. The van der Waals surface area contributed by atoms with Gasteiger partial charge >= 0.3 is 0 Å². The van der Waals surface area contributed by atoms with Crippen molar-refractivity contribution in [3.8, 4) is 0 Å². The summed E-state index contributed by atoms with van der Waals surface area (Å²) in [6.45, 7) is 0. The summed E-state index contributed by atoms with van der Waals surface area (Å²) in [6.07, 6.45) is 0. The van der Waals surface area contributed by atoms with Crippen molar-refractivity contribution in [2.75, 3.05) is 0 Å². The van der Waals surface area contributed by atoms with Gasteiger partial charge in [0.05, 0.1) is 17.2 Å². The van der Waals surface area contributed by atoms with Gasteiger partial charge in [0.2, 0.25) is 0 Å². The molecule has 0 radical (unpaired) electrons. The molecule has 0 aliphatic rings. The third-order valence-electron chi connectivity index (χ3n) is 3.02. The summed E-state index contributed by atoms with van der Waals surface area (Å²) in [5.41, 5.74) is 6.73. The Bertz CT molecular complexity index is 649. The van der Waals surface area contributed by atoms with Gasteiger partial charge in [-0.15, -0.1) is 11.3 Å². The van der Waals surface area contributed by atoms with E-state index in [2.05, 4.69) is 40.7 Å². The SMILES string of the molecule is NNC(c1ccc2ccccc2c1)c1cscn1. The third-order valence-corrected chi connectivity index (χ3v) is 3.63. The topological polar surface area (TPSA) is 50.9 Å². The van der Waals surface area contributed by atoms with E-state index in [-0.39, 0.29) is 6.04 Å². The molecular weight excluding hydrogens is 242 g/mol. The van der Waals surface area contributed by atoms with Gasteiger partial charge in [0.1, 0.15) is 0 Å². The molecule has 3 rings (SSSR count). The molecule has 2 aromatic carbocycles. The smallest absolute Gasteiger partial charge is 0.0890 e. The summed E-state index contributed by atoms with van der Waals surface area (Å²) in [4.78, 5) is 4.32. The number of nitrogens with one attached hydrogen (secondary N) is 1. The second kappa shape index (κ2) is 4.86. The van der Waals surface area contributed by atoms with Gasteiger partial charge in [-0.05, 0) is 22.4 Å². The number of fused-ring (bicyclic) bond motifs is 1. The summed E-state index contributed by atoms with van der Waals surface area (Å²) in [5, 5.41) is 4.46. The van der Waals surface area contributed by atoms with E-state index in [1.807, 2.05) is 23.0 Å². The molecule has 3 nitrogen and oxygen atoms in total. The number of nitrogens with two attached hydrogens (primary N) is 1. The molecule has 1 heterocycles. The fourth-order valence-electron chi connectivity index (χ4n) is 2.10. The zero-order chi connectivity index (χ0) is 12.4. The van der Waals surface area contributed by atoms with Crippen LogP contribution in [0.25, 0.3) is 10.8 Å². The fraction of sp³-hybridized carbons (Fsp3) is 0.0714. The van der Waals surface area contributed by atoms with Crippen LogP contribution in [0, 0.1) is 0 Å². The number of hydrogen-bond donors (Lipinski definition) is 2.